The summed E-state index contributed by atoms with van der Waals surface area (Å²) in [6.45, 7) is 0. The maximum atomic E-state index is 9.80. The SMILES string of the molecule is OC(Cc1ccsc1)Cc1cccs1. The first kappa shape index (κ1) is 9.90. The van der Waals surface area contributed by atoms with Crippen molar-refractivity contribution in [3.05, 3.63) is 44.8 Å². The van der Waals surface area contributed by atoms with Crippen molar-refractivity contribution in [2.45, 2.75) is 18.9 Å². The number of aliphatic hydroxyl groups excluding tert-OH is 1. The summed E-state index contributed by atoms with van der Waals surface area (Å²) in [4.78, 5) is 1.26. The first-order chi connectivity index (χ1) is 6.84. The molecule has 0 aliphatic heterocycles. The van der Waals surface area contributed by atoms with Gasteiger partial charge in [-0.3, -0.25) is 0 Å². The predicted octanol–water partition coefficient (Wildman–Crippen LogP) is 2.96. The minimum Gasteiger partial charge on any atom is -0.392 e. The highest BCUT2D eigenvalue weighted by Crippen LogP contribution is 2.15. The van der Waals surface area contributed by atoms with Crippen molar-refractivity contribution < 1.29 is 5.11 Å². The number of aliphatic hydroxyl groups is 1. The molecule has 2 aromatic heterocycles. The zero-order valence-corrected chi connectivity index (χ0v) is 9.35. The summed E-state index contributed by atoms with van der Waals surface area (Å²) in [5.74, 6) is 0. The molecule has 14 heavy (non-hydrogen) atoms. The zero-order valence-electron chi connectivity index (χ0n) is 7.72. The lowest BCUT2D eigenvalue weighted by Crippen LogP contribution is -2.12. The van der Waals surface area contributed by atoms with E-state index < -0.39 is 0 Å². The molecule has 2 heterocycles. The van der Waals surface area contributed by atoms with E-state index in [1.807, 2.05) is 16.8 Å². The molecule has 1 atom stereocenters. The van der Waals surface area contributed by atoms with Crippen molar-refractivity contribution >= 4 is 22.7 Å². The fraction of sp³-hybridized carbons (Fsp3) is 0.273. The third-order valence-corrected chi connectivity index (χ3v) is 3.70. The maximum Gasteiger partial charge on any atom is 0.0629 e. The highest BCUT2D eigenvalue weighted by atomic mass is 32.1. The topological polar surface area (TPSA) is 20.2 Å². The van der Waals surface area contributed by atoms with Crippen LogP contribution in [-0.2, 0) is 12.8 Å². The molecule has 0 aliphatic carbocycles. The summed E-state index contributed by atoms with van der Waals surface area (Å²) >= 11 is 3.39. The molecular weight excluding hydrogens is 212 g/mol. The standard InChI is InChI=1S/C11H12OS2/c12-10(6-9-3-5-13-8-9)7-11-2-1-4-14-11/h1-5,8,10,12H,6-7H2. The Balaban J connectivity index is 1.88. The zero-order chi connectivity index (χ0) is 9.80. The van der Waals surface area contributed by atoms with Gasteiger partial charge in [0.05, 0.1) is 6.10 Å². The van der Waals surface area contributed by atoms with E-state index >= 15 is 0 Å². The molecule has 0 radical (unpaired) electrons. The summed E-state index contributed by atoms with van der Waals surface area (Å²) in [5, 5.41) is 16.0. The van der Waals surface area contributed by atoms with Gasteiger partial charge in [-0.15, -0.1) is 11.3 Å². The van der Waals surface area contributed by atoms with Crippen molar-refractivity contribution in [1.29, 1.82) is 0 Å². The Hall–Kier alpha value is -0.640. The molecule has 0 aromatic carbocycles. The Morgan fingerprint density at radius 3 is 2.79 bits per heavy atom. The van der Waals surface area contributed by atoms with E-state index in [0.717, 1.165) is 12.8 Å². The molecule has 0 saturated carbocycles. The Kier molecular flexibility index (Phi) is 3.35. The molecule has 0 amide bonds. The Morgan fingerprint density at radius 1 is 1.21 bits per heavy atom. The summed E-state index contributed by atoms with van der Waals surface area (Å²) in [6, 6.07) is 6.17. The van der Waals surface area contributed by atoms with Gasteiger partial charge in [0.2, 0.25) is 0 Å². The van der Waals surface area contributed by atoms with Crippen LogP contribution in [0.4, 0.5) is 0 Å². The lowest BCUT2D eigenvalue weighted by Gasteiger charge is -2.07. The summed E-state index contributed by atoms with van der Waals surface area (Å²) in [6.07, 6.45) is 1.29. The average molecular weight is 224 g/mol. The van der Waals surface area contributed by atoms with Crippen LogP contribution in [0.1, 0.15) is 10.4 Å². The van der Waals surface area contributed by atoms with Crippen LogP contribution in [0, 0.1) is 0 Å². The second-order valence-corrected chi connectivity index (χ2v) is 5.09. The van der Waals surface area contributed by atoms with Gasteiger partial charge in [-0.2, -0.15) is 11.3 Å². The van der Waals surface area contributed by atoms with Crippen LogP contribution in [0.5, 0.6) is 0 Å². The average Bonchev–Trinajstić information content (AvgIpc) is 2.76. The lowest BCUT2D eigenvalue weighted by atomic mass is 10.1. The predicted molar refractivity (Wildman–Crippen MR) is 62.1 cm³/mol. The van der Waals surface area contributed by atoms with Gasteiger partial charge >= 0.3 is 0 Å². The third-order valence-electron chi connectivity index (χ3n) is 2.07. The molecule has 0 spiro atoms. The van der Waals surface area contributed by atoms with Crippen molar-refractivity contribution in [2.24, 2.45) is 0 Å². The van der Waals surface area contributed by atoms with E-state index in [9.17, 15) is 5.11 Å². The van der Waals surface area contributed by atoms with Crippen LogP contribution < -0.4 is 0 Å². The third kappa shape index (κ3) is 2.67. The molecule has 1 unspecified atom stereocenters. The minimum atomic E-state index is -0.247. The van der Waals surface area contributed by atoms with E-state index in [4.69, 9.17) is 0 Å². The van der Waals surface area contributed by atoms with Crippen LogP contribution >= 0.6 is 22.7 Å². The summed E-state index contributed by atoms with van der Waals surface area (Å²) < 4.78 is 0. The van der Waals surface area contributed by atoms with Gasteiger partial charge in [0.1, 0.15) is 0 Å². The fourth-order valence-corrected chi connectivity index (χ4v) is 2.87. The van der Waals surface area contributed by atoms with E-state index in [-0.39, 0.29) is 6.10 Å². The van der Waals surface area contributed by atoms with Gasteiger partial charge in [0, 0.05) is 11.3 Å². The minimum absolute atomic E-state index is 0.247. The number of rotatable bonds is 4. The van der Waals surface area contributed by atoms with Gasteiger partial charge in [-0.1, -0.05) is 6.07 Å². The number of thiophene rings is 2. The fourth-order valence-electron chi connectivity index (χ4n) is 1.41. The van der Waals surface area contributed by atoms with Gasteiger partial charge in [-0.25, -0.2) is 0 Å². The van der Waals surface area contributed by atoms with E-state index in [2.05, 4.69) is 17.5 Å². The molecule has 2 rings (SSSR count). The normalized spacial score (nSPS) is 12.9. The molecule has 1 N–H and O–H groups in total. The first-order valence-electron chi connectivity index (χ1n) is 4.56. The summed E-state index contributed by atoms with van der Waals surface area (Å²) in [7, 11) is 0. The van der Waals surface area contributed by atoms with Gasteiger partial charge in [0.25, 0.3) is 0 Å². The van der Waals surface area contributed by atoms with Crippen LogP contribution in [-0.4, -0.2) is 11.2 Å². The first-order valence-corrected chi connectivity index (χ1v) is 6.38. The molecule has 2 aromatic rings. The van der Waals surface area contributed by atoms with Gasteiger partial charge < -0.3 is 5.11 Å². The molecule has 1 nitrogen and oxygen atoms in total. The van der Waals surface area contributed by atoms with E-state index in [1.54, 1.807) is 22.7 Å². The van der Waals surface area contributed by atoms with Crippen LogP contribution in [0.25, 0.3) is 0 Å². The number of hydrogen-bond acceptors (Lipinski definition) is 3. The smallest absolute Gasteiger partial charge is 0.0629 e. The highest BCUT2D eigenvalue weighted by Gasteiger charge is 2.07. The molecular formula is C11H12OS2. The molecule has 74 valence electrons. The quantitative estimate of drug-likeness (QED) is 0.846. The summed E-state index contributed by atoms with van der Waals surface area (Å²) in [5.41, 5.74) is 1.24. The molecule has 0 saturated heterocycles. The molecule has 0 fully saturated rings. The monoisotopic (exact) mass is 224 g/mol. The van der Waals surface area contributed by atoms with Crippen molar-refractivity contribution in [2.75, 3.05) is 0 Å². The number of hydrogen-bond donors (Lipinski definition) is 1. The highest BCUT2D eigenvalue weighted by molar-refractivity contribution is 7.09. The second-order valence-electron chi connectivity index (χ2n) is 3.27. The van der Waals surface area contributed by atoms with Crippen molar-refractivity contribution in [3.63, 3.8) is 0 Å². The van der Waals surface area contributed by atoms with E-state index in [0.29, 0.717) is 0 Å². The van der Waals surface area contributed by atoms with Gasteiger partial charge in [-0.05, 0) is 40.3 Å². The van der Waals surface area contributed by atoms with Crippen molar-refractivity contribution in [3.8, 4) is 0 Å². The largest absolute Gasteiger partial charge is 0.392 e. The Morgan fingerprint density at radius 2 is 2.14 bits per heavy atom. The molecule has 0 aliphatic rings. The maximum absolute atomic E-state index is 9.80. The molecule has 3 heteroatoms. The van der Waals surface area contributed by atoms with Crippen LogP contribution in [0.2, 0.25) is 0 Å². The second kappa shape index (κ2) is 4.73. The Bertz CT molecular complexity index is 314. The van der Waals surface area contributed by atoms with Crippen LogP contribution in [0.15, 0.2) is 34.3 Å². The van der Waals surface area contributed by atoms with Crippen molar-refractivity contribution in [1.82, 2.24) is 0 Å². The lowest BCUT2D eigenvalue weighted by molar-refractivity contribution is 0.176. The van der Waals surface area contributed by atoms with E-state index in [1.165, 1.54) is 10.4 Å². The molecule has 0 bridgehead atoms. The van der Waals surface area contributed by atoms with Crippen LogP contribution in [0.3, 0.4) is 0 Å². The Labute approximate surface area is 91.7 Å². The van der Waals surface area contributed by atoms with Gasteiger partial charge in [0.15, 0.2) is 0 Å².